The van der Waals surface area contributed by atoms with Crippen molar-refractivity contribution in [1.29, 1.82) is 0 Å². The first-order valence-electron chi connectivity index (χ1n) is 9.71. The van der Waals surface area contributed by atoms with E-state index in [4.69, 9.17) is 11.5 Å². The molecule has 1 heterocycles. The van der Waals surface area contributed by atoms with E-state index in [-0.39, 0.29) is 11.1 Å². The van der Waals surface area contributed by atoms with Gasteiger partial charge in [-0.15, -0.1) is 0 Å². The normalized spacial score (nSPS) is 11.4. The topological polar surface area (TPSA) is 104 Å². The Bertz CT molecular complexity index is 1360. The average molecular weight is 450 g/mol. The monoisotopic (exact) mass is 450 g/mol. The molecule has 1 aromatic heterocycles. The molecule has 6 nitrogen and oxygen atoms in total. The van der Waals surface area contributed by atoms with Crippen LogP contribution in [0.25, 0.3) is 27.9 Å². The third-order valence-electron chi connectivity index (χ3n) is 5.14. The standard InChI is InChI=1S/C24H17F3N4O2/c25-24(26,27)16-10-8-14(9-11-16)17-4-1-2-7-20(17)31-13-15(12-30-31)18-5-3-6-19(22(28)32)21(18)23(29)33/h1-13H,(H2,28,32)(H2,29,33). The highest BCUT2D eigenvalue weighted by molar-refractivity contribution is 6.10. The maximum Gasteiger partial charge on any atom is 0.416 e. The van der Waals surface area contributed by atoms with Gasteiger partial charge in [0, 0.05) is 17.3 Å². The number of halogens is 3. The molecule has 2 amide bonds. The lowest BCUT2D eigenvalue weighted by Gasteiger charge is -2.12. The number of carbonyl (C=O) groups excluding carboxylic acids is 2. The molecule has 0 radical (unpaired) electrons. The largest absolute Gasteiger partial charge is 0.416 e. The van der Waals surface area contributed by atoms with Crippen molar-refractivity contribution >= 4 is 11.8 Å². The third kappa shape index (κ3) is 4.20. The number of primary amides is 2. The number of nitrogens with two attached hydrogens (primary N) is 2. The molecule has 0 saturated carbocycles. The first-order valence-corrected chi connectivity index (χ1v) is 9.71. The molecule has 0 atom stereocenters. The van der Waals surface area contributed by atoms with E-state index >= 15 is 0 Å². The minimum absolute atomic E-state index is 0.00194. The lowest BCUT2D eigenvalue weighted by atomic mass is 9.96. The molecule has 4 N–H and O–H groups in total. The van der Waals surface area contributed by atoms with Crippen LogP contribution in [0.5, 0.6) is 0 Å². The molecule has 0 bridgehead atoms. The van der Waals surface area contributed by atoms with Crippen LogP contribution >= 0.6 is 0 Å². The van der Waals surface area contributed by atoms with Crippen LogP contribution in [-0.4, -0.2) is 21.6 Å². The number of benzene rings is 3. The van der Waals surface area contributed by atoms with Crippen molar-refractivity contribution in [2.24, 2.45) is 11.5 Å². The van der Waals surface area contributed by atoms with Crippen molar-refractivity contribution in [3.05, 3.63) is 95.8 Å². The summed E-state index contributed by atoms with van der Waals surface area (Å²) >= 11 is 0. The summed E-state index contributed by atoms with van der Waals surface area (Å²) in [6, 6.07) is 16.5. The molecule has 0 saturated heterocycles. The van der Waals surface area contributed by atoms with E-state index in [0.717, 1.165) is 12.1 Å². The second-order valence-corrected chi connectivity index (χ2v) is 7.22. The summed E-state index contributed by atoms with van der Waals surface area (Å²) in [6.07, 6.45) is -1.29. The Balaban J connectivity index is 1.79. The van der Waals surface area contributed by atoms with Gasteiger partial charge >= 0.3 is 6.18 Å². The summed E-state index contributed by atoms with van der Waals surface area (Å²) in [6.45, 7) is 0. The van der Waals surface area contributed by atoms with Crippen LogP contribution in [0.4, 0.5) is 13.2 Å². The number of aromatic nitrogens is 2. The number of hydrogen-bond donors (Lipinski definition) is 2. The summed E-state index contributed by atoms with van der Waals surface area (Å²) in [5.74, 6) is -1.59. The van der Waals surface area contributed by atoms with E-state index in [0.29, 0.717) is 27.9 Å². The van der Waals surface area contributed by atoms with Crippen LogP contribution in [0, 0.1) is 0 Å². The summed E-state index contributed by atoms with van der Waals surface area (Å²) < 4.78 is 40.3. The second-order valence-electron chi connectivity index (χ2n) is 7.22. The molecule has 0 aliphatic rings. The lowest BCUT2D eigenvalue weighted by Crippen LogP contribution is -2.21. The highest BCUT2D eigenvalue weighted by Crippen LogP contribution is 2.33. The van der Waals surface area contributed by atoms with Crippen molar-refractivity contribution in [1.82, 2.24) is 9.78 Å². The smallest absolute Gasteiger partial charge is 0.366 e. The minimum atomic E-state index is -4.42. The first kappa shape index (κ1) is 21.8. The van der Waals surface area contributed by atoms with Gasteiger partial charge in [-0.3, -0.25) is 9.59 Å². The van der Waals surface area contributed by atoms with Gasteiger partial charge < -0.3 is 11.5 Å². The molecule has 0 aliphatic heterocycles. The van der Waals surface area contributed by atoms with Crippen molar-refractivity contribution in [2.75, 3.05) is 0 Å². The van der Waals surface area contributed by atoms with Crippen molar-refractivity contribution < 1.29 is 22.8 Å². The maximum absolute atomic E-state index is 12.9. The summed E-state index contributed by atoms with van der Waals surface area (Å²) in [4.78, 5) is 23.8. The van der Waals surface area contributed by atoms with Gasteiger partial charge in [-0.2, -0.15) is 18.3 Å². The third-order valence-corrected chi connectivity index (χ3v) is 5.14. The highest BCUT2D eigenvalue weighted by Gasteiger charge is 2.30. The quantitative estimate of drug-likeness (QED) is 0.470. The van der Waals surface area contributed by atoms with Crippen LogP contribution in [0.3, 0.4) is 0 Å². The van der Waals surface area contributed by atoms with Crippen LogP contribution in [0.1, 0.15) is 26.3 Å². The van der Waals surface area contributed by atoms with Gasteiger partial charge in [0.25, 0.3) is 0 Å². The number of rotatable bonds is 5. The molecule has 9 heteroatoms. The first-order chi connectivity index (χ1) is 15.7. The summed E-state index contributed by atoms with van der Waals surface area (Å²) in [5, 5.41) is 4.35. The molecule has 33 heavy (non-hydrogen) atoms. The van der Waals surface area contributed by atoms with E-state index in [1.807, 2.05) is 0 Å². The van der Waals surface area contributed by atoms with Crippen LogP contribution < -0.4 is 11.5 Å². The van der Waals surface area contributed by atoms with E-state index in [9.17, 15) is 22.8 Å². The molecule has 0 spiro atoms. The minimum Gasteiger partial charge on any atom is -0.366 e. The Morgan fingerprint density at radius 2 is 1.45 bits per heavy atom. The van der Waals surface area contributed by atoms with Crippen LogP contribution in [0.15, 0.2) is 79.1 Å². The molecule has 0 aliphatic carbocycles. The molecule has 166 valence electrons. The van der Waals surface area contributed by atoms with Gasteiger partial charge in [-0.25, -0.2) is 4.68 Å². The number of para-hydroxylation sites is 1. The van der Waals surface area contributed by atoms with Gasteiger partial charge in [0.05, 0.1) is 28.6 Å². The molecule has 0 fully saturated rings. The Morgan fingerprint density at radius 1 is 0.788 bits per heavy atom. The molecule has 3 aromatic carbocycles. The fourth-order valence-electron chi connectivity index (χ4n) is 3.61. The number of carbonyl (C=O) groups is 2. The number of alkyl halides is 3. The molecular weight excluding hydrogens is 433 g/mol. The van der Waals surface area contributed by atoms with E-state index in [1.165, 1.54) is 29.1 Å². The zero-order valence-corrected chi connectivity index (χ0v) is 17.0. The summed E-state index contributed by atoms with van der Waals surface area (Å²) in [5.41, 5.74) is 12.9. The van der Waals surface area contributed by atoms with E-state index < -0.39 is 23.6 Å². The van der Waals surface area contributed by atoms with E-state index in [1.54, 1.807) is 42.6 Å². The maximum atomic E-state index is 12.9. The van der Waals surface area contributed by atoms with Gasteiger partial charge in [0.1, 0.15) is 0 Å². The highest BCUT2D eigenvalue weighted by atomic mass is 19.4. The lowest BCUT2D eigenvalue weighted by molar-refractivity contribution is -0.137. The SMILES string of the molecule is NC(=O)c1cccc(-c2cnn(-c3ccccc3-c3ccc(C(F)(F)F)cc3)c2)c1C(N)=O. The molecule has 4 aromatic rings. The van der Waals surface area contributed by atoms with Gasteiger partial charge in [0.2, 0.25) is 11.8 Å². The van der Waals surface area contributed by atoms with Crippen molar-refractivity contribution in [3.63, 3.8) is 0 Å². The Labute approximate surface area is 186 Å². The number of nitrogens with zero attached hydrogens (tertiary/aromatic N) is 2. The predicted molar refractivity (Wildman–Crippen MR) is 116 cm³/mol. The number of amides is 2. The Hall–Kier alpha value is -4.40. The predicted octanol–water partition coefficient (Wildman–Crippen LogP) is 4.42. The summed E-state index contributed by atoms with van der Waals surface area (Å²) in [7, 11) is 0. The Morgan fingerprint density at radius 3 is 2.09 bits per heavy atom. The zero-order chi connectivity index (χ0) is 23.8. The molecule has 4 rings (SSSR count). The van der Waals surface area contributed by atoms with Crippen LogP contribution in [-0.2, 0) is 6.18 Å². The van der Waals surface area contributed by atoms with Crippen molar-refractivity contribution in [3.8, 4) is 27.9 Å². The van der Waals surface area contributed by atoms with Gasteiger partial charge in [-0.05, 0) is 35.4 Å². The van der Waals surface area contributed by atoms with Crippen LogP contribution in [0.2, 0.25) is 0 Å². The zero-order valence-electron chi connectivity index (χ0n) is 17.0. The average Bonchev–Trinajstić information content (AvgIpc) is 3.28. The van der Waals surface area contributed by atoms with E-state index in [2.05, 4.69) is 5.10 Å². The fraction of sp³-hybridized carbons (Fsp3) is 0.0417. The number of hydrogen-bond acceptors (Lipinski definition) is 3. The molecule has 0 unspecified atom stereocenters. The van der Waals surface area contributed by atoms with Crippen molar-refractivity contribution in [2.45, 2.75) is 6.18 Å². The van der Waals surface area contributed by atoms with Gasteiger partial charge in [-0.1, -0.05) is 42.5 Å². The Kier molecular flexibility index (Phi) is 5.47. The fourth-order valence-corrected chi connectivity index (χ4v) is 3.61. The molecular formula is C24H17F3N4O2. The van der Waals surface area contributed by atoms with Gasteiger partial charge in [0.15, 0.2) is 0 Å². The second kappa shape index (κ2) is 8.27.